The van der Waals surface area contributed by atoms with Crippen LogP contribution in [0.4, 0.5) is 11.4 Å². The first-order valence-corrected chi connectivity index (χ1v) is 7.78. The van der Waals surface area contributed by atoms with Crippen molar-refractivity contribution in [2.24, 2.45) is 0 Å². The number of likely N-dealkylation sites (N-methyl/N-ethyl adjacent to an activating group) is 1. The van der Waals surface area contributed by atoms with Gasteiger partial charge in [-0.05, 0) is 32.3 Å². The average molecular weight is 343 g/mol. The highest BCUT2D eigenvalue weighted by Crippen LogP contribution is 2.27. The molecule has 0 N–H and O–H groups in total. The van der Waals surface area contributed by atoms with Gasteiger partial charge in [0.05, 0.1) is 17.6 Å². The van der Waals surface area contributed by atoms with Gasteiger partial charge in [0, 0.05) is 30.9 Å². The summed E-state index contributed by atoms with van der Waals surface area (Å²) >= 11 is 0. The van der Waals surface area contributed by atoms with Gasteiger partial charge in [-0.2, -0.15) is 0 Å². The van der Waals surface area contributed by atoms with Gasteiger partial charge < -0.3 is 14.5 Å². The molecule has 132 valence electrons. The number of carbonyl (C=O) groups is 1. The minimum absolute atomic E-state index is 0.148. The zero-order valence-corrected chi connectivity index (χ0v) is 14.5. The monoisotopic (exact) mass is 343 g/mol. The third kappa shape index (κ3) is 4.54. The predicted molar refractivity (Wildman–Crippen MR) is 96.3 cm³/mol. The van der Waals surface area contributed by atoms with Crippen molar-refractivity contribution >= 4 is 17.3 Å². The molecule has 1 amide bonds. The first-order valence-electron chi connectivity index (χ1n) is 7.78. The van der Waals surface area contributed by atoms with Gasteiger partial charge >= 0.3 is 0 Å². The molecule has 0 radical (unpaired) electrons. The van der Waals surface area contributed by atoms with Crippen molar-refractivity contribution in [2.45, 2.75) is 0 Å². The molecule has 0 atom stereocenters. The van der Waals surface area contributed by atoms with Crippen molar-refractivity contribution in [3.05, 3.63) is 64.2 Å². The Morgan fingerprint density at radius 1 is 1.12 bits per heavy atom. The number of carbonyl (C=O) groups excluding carboxylic acids is 1. The highest BCUT2D eigenvalue weighted by Gasteiger charge is 2.23. The average Bonchev–Trinajstić information content (AvgIpc) is 2.61. The molecule has 25 heavy (non-hydrogen) atoms. The largest absolute Gasteiger partial charge is 0.496 e. The van der Waals surface area contributed by atoms with Crippen LogP contribution in [0.25, 0.3) is 0 Å². The van der Waals surface area contributed by atoms with Crippen molar-refractivity contribution < 1.29 is 14.5 Å². The number of amides is 1. The summed E-state index contributed by atoms with van der Waals surface area (Å²) in [7, 11) is 5.27. The lowest BCUT2D eigenvalue weighted by atomic mass is 10.1. The summed E-state index contributed by atoms with van der Waals surface area (Å²) in [6, 6.07) is 13.2. The zero-order chi connectivity index (χ0) is 18.4. The number of para-hydroxylation sites is 1. The summed E-state index contributed by atoms with van der Waals surface area (Å²) in [5.41, 5.74) is 0.743. The Morgan fingerprint density at radius 3 is 2.36 bits per heavy atom. The van der Waals surface area contributed by atoms with Gasteiger partial charge in [-0.25, -0.2) is 0 Å². The normalized spacial score (nSPS) is 10.6. The molecule has 2 aromatic carbocycles. The maximum absolute atomic E-state index is 13.1. The van der Waals surface area contributed by atoms with Crippen LogP contribution >= 0.6 is 0 Å². The van der Waals surface area contributed by atoms with Crippen molar-refractivity contribution in [2.75, 3.05) is 39.2 Å². The second-order valence-corrected chi connectivity index (χ2v) is 5.74. The summed E-state index contributed by atoms with van der Waals surface area (Å²) in [4.78, 5) is 27.2. The molecule has 0 aliphatic carbocycles. The molecule has 0 aliphatic heterocycles. The standard InChI is InChI=1S/C18H21N3O4/c1-19(2)11-12-20(14-7-5-4-6-8-14)18(22)16-13-15(21(23)24)9-10-17(16)25-3/h4-10,13H,11-12H2,1-3H3. The predicted octanol–water partition coefficient (Wildman–Crippen LogP) is 2.81. The fraction of sp³-hybridized carbons (Fsp3) is 0.278. The van der Waals surface area contributed by atoms with Crippen molar-refractivity contribution in [3.8, 4) is 5.75 Å². The minimum atomic E-state index is -0.525. The van der Waals surface area contributed by atoms with Crippen LogP contribution in [0.15, 0.2) is 48.5 Å². The number of rotatable bonds is 7. The summed E-state index contributed by atoms with van der Waals surface area (Å²) in [5.74, 6) is -0.0324. The van der Waals surface area contributed by atoms with Gasteiger partial charge in [-0.15, -0.1) is 0 Å². The fourth-order valence-corrected chi connectivity index (χ4v) is 2.38. The fourth-order valence-electron chi connectivity index (χ4n) is 2.38. The Bertz CT molecular complexity index is 747. The first-order chi connectivity index (χ1) is 11.9. The number of non-ortho nitro benzene ring substituents is 1. The molecular formula is C18H21N3O4. The second-order valence-electron chi connectivity index (χ2n) is 5.74. The molecule has 0 spiro atoms. The maximum Gasteiger partial charge on any atom is 0.270 e. The molecule has 0 saturated heterocycles. The number of hydrogen-bond donors (Lipinski definition) is 0. The summed E-state index contributed by atoms with van der Waals surface area (Å²) in [6.07, 6.45) is 0. The van der Waals surface area contributed by atoms with Gasteiger partial charge in [0.2, 0.25) is 0 Å². The lowest BCUT2D eigenvalue weighted by Gasteiger charge is -2.25. The van der Waals surface area contributed by atoms with Crippen LogP contribution in [-0.2, 0) is 0 Å². The maximum atomic E-state index is 13.1. The number of ether oxygens (including phenoxy) is 1. The van der Waals surface area contributed by atoms with Gasteiger partial charge in [-0.1, -0.05) is 18.2 Å². The van der Waals surface area contributed by atoms with E-state index in [0.717, 1.165) is 5.69 Å². The molecule has 0 aromatic heterocycles. The Morgan fingerprint density at radius 2 is 1.80 bits per heavy atom. The van der Waals surface area contributed by atoms with E-state index in [4.69, 9.17) is 4.74 Å². The molecule has 0 fully saturated rings. The highest BCUT2D eigenvalue weighted by molar-refractivity contribution is 6.08. The smallest absolute Gasteiger partial charge is 0.270 e. The van der Waals surface area contributed by atoms with Crippen LogP contribution < -0.4 is 9.64 Å². The molecule has 0 bridgehead atoms. The molecule has 2 aromatic rings. The quantitative estimate of drug-likeness (QED) is 0.571. The molecule has 7 heteroatoms. The number of hydrogen-bond acceptors (Lipinski definition) is 5. The molecule has 0 saturated carbocycles. The van der Waals surface area contributed by atoms with Gasteiger partial charge in [0.25, 0.3) is 11.6 Å². The Balaban J connectivity index is 2.45. The van der Waals surface area contributed by atoms with Crippen LogP contribution in [0.2, 0.25) is 0 Å². The van der Waals surface area contributed by atoms with Crippen molar-refractivity contribution in [3.63, 3.8) is 0 Å². The van der Waals surface area contributed by atoms with E-state index in [2.05, 4.69) is 0 Å². The topological polar surface area (TPSA) is 75.9 Å². The van der Waals surface area contributed by atoms with Crippen LogP contribution in [-0.4, -0.2) is 50.0 Å². The van der Waals surface area contributed by atoms with Gasteiger partial charge in [0.15, 0.2) is 0 Å². The number of anilines is 1. The zero-order valence-electron chi connectivity index (χ0n) is 14.5. The van der Waals surface area contributed by atoms with E-state index >= 15 is 0 Å². The summed E-state index contributed by atoms with van der Waals surface area (Å²) < 4.78 is 5.23. The van der Waals surface area contributed by atoms with E-state index < -0.39 is 4.92 Å². The third-order valence-electron chi connectivity index (χ3n) is 3.71. The van der Waals surface area contributed by atoms with E-state index in [9.17, 15) is 14.9 Å². The van der Waals surface area contributed by atoms with E-state index in [1.807, 2.05) is 49.3 Å². The van der Waals surface area contributed by atoms with E-state index in [-0.39, 0.29) is 17.2 Å². The molecular weight excluding hydrogens is 322 g/mol. The minimum Gasteiger partial charge on any atom is -0.496 e. The molecule has 7 nitrogen and oxygen atoms in total. The lowest BCUT2D eigenvalue weighted by molar-refractivity contribution is -0.384. The van der Waals surface area contributed by atoms with Crippen LogP contribution in [0.5, 0.6) is 5.75 Å². The SMILES string of the molecule is COc1ccc([N+](=O)[O-])cc1C(=O)N(CCN(C)C)c1ccccc1. The van der Waals surface area contributed by atoms with Crippen LogP contribution in [0.3, 0.4) is 0 Å². The Kier molecular flexibility index (Phi) is 6.08. The number of nitro groups is 1. The molecule has 0 aliphatic rings. The van der Waals surface area contributed by atoms with E-state index in [1.54, 1.807) is 4.90 Å². The number of methoxy groups -OCH3 is 1. The van der Waals surface area contributed by atoms with Crippen molar-refractivity contribution in [1.82, 2.24) is 4.90 Å². The summed E-state index contributed by atoms with van der Waals surface area (Å²) in [5, 5.41) is 11.1. The Labute approximate surface area is 146 Å². The summed E-state index contributed by atoms with van der Waals surface area (Å²) in [6.45, 7) is 1.10. The number of benzene rings is 2. The van der Waals surface area contributed by atoms with Crippen LogP contribution in [0, 0.1) is 10.1 Å². The van der Waals surface area contributed by atoms with Crippen LogP contribution in [0.1, 0.15) is 10.4 Å². The lowest BCUT2D eigenvalue weighted by Crippen LogP contribution is -2.37. The third-order valence-corrected chi connectivity index (χ3v) is 3.71. The van der Waals surface area contributed by atoms with E-state index in [1.165, 1.54) is 25.3 Å². The molecule has 0 heterocycles. The van der Waals surface area contributed by atoms with Gasteiger partial charge in [-0.3, -0.25) is 14.9 Å². The van der Waals surface area contributed by atoms with E-state index in [0.29, 0.717) is 18.8 Å². The Hall–Kier alpha value is -2.93. The van der Waals surface area contributed by atoms with Crippen molar-refractivity contribution in [1.29, 1.82) is 0 Å². The molecule has 2 rings (SSSR count). The second kappa shape index (κ2) is 8.25. The number of nitrogens with zero attached hydrogens (tertiary/aromatic N) is 3. The molecule has 0 unspecified atom stereocenters. The first kappa shape index (κ1) is 18.4. The highest BCUT2D eigenvalue weighted by atomic mass is 16.6. The van der Waals surface area contributed by atoms with Gasteiger partial charge in [0.1, 0.15) is 5.75 Å². The number of nitro benzene ring substituents is 1.